The number of nitrogens with zero attached hydrogens (tertiary/aromatic N) is 2. The lowest BCUT2D eigenvalue weighted by Gasteiger charge is -2.04. The zero-order chi connectivity index (χ0) is 17.6. The molecule has 3 aromatic rings. The molecule has 2 amide bonds. The van der Waals surface area contributed by atoms with Gasteiger partial charge in [-0.25, -0.2) is 0 Å². The van der Waals surface area contributed by atoms with Gasteiger partial charge in [0.25, 0.3) is 5.91 Å². The Morgan fingerprint density at radius 3 is 2.64 bits per heavy atom. The Morgan fingerprint density at radius 2 is 1.92 bits per heavy atom. The van der Waals surface area contributed by atoms with Crippen molar-refractivity contribution in [2.24, 2.45) is 0 Å². The highest BCUT2D eigenvalue weighted by molar-refractivity contribution is 7.12. The molecule has 0 atom stereocenters. The summed E-state index contributed by atoms with van der Waals surface area (Å²) >= 11 is 1.30. The van der Waals surface area contributed by atoms with Crippen molar-refractivity contribution < 1.29 is 14.0 Å². The van der Waals surface area contributed by atoms with Gasteiger partial charge in [0.2, 0.25) is 17.7 Å². The van der Waals surface area contributed by atoms with Gasteiger partial charge in [-0.1, -0.05) is 23.8 Å². The van der Waals surface area contributed by atoms with Gasteiger partial charge in [0.05, 0.1) is 4.88 Å². The van der Waals surface area contributed by atoms with Gasteiger partial charge < -0.3 is 4.42 Å². The summed E-state index contributed by atoms with van der Waals surface area (Å²) in [5.74, 6) is 0.111. The van der Waals surface area contributed by atoms with Crippen LogP contribution in [0, 0.1) is 6.92 Å². The SMILES string of the molecule is Cc1ccc(-c2nnc(CCC(=O)NNC(=O)c3cccs3)o2)cc1. The van der Waals surface area contributed by atoms with E-state index in [9.17, 15) is 9.59 Å². The Bertz CT molecular complexity index is 856. The van der Waals surface area contributed by atoms with Gasteiger partial charge in [-0.3, -0.25) is 20.4 Å². The average molecular weight is 356 g/mol. The number of hydrogen-bond acceptors (Lipinski definition) is 6. The number of hydrazine groups is 1. The van der Waals surface area contributed by atoms with Crippen LogP contribution in [-0.2, 0) is 11.2 Å². The van der Waals surface area contributed by atoms with E-state index in [0.717, 1.165) is 11.1 Å². The van der Waals surface area contributed by atoms with E-state index < -0.39 is 0 Å². The third-order valence-corrected chi connectivity index (χ3v) is 4.26. The lowest BCUT2D eigenvalue weighted by atomic mass is 10.1. The summed E-state index contributed by atoms with van der Waals surface area (Å²) in [7, 11) is 0. The molecule has 0 spiro atoms. The molecule has 0 fully saturated rings. The van der Waals surface area contributed by atoms with Crippen molar-refractivity contribution >= 4 is 23.2 Å². The Kier molecular flexibility index (Phi) is 5.20. The van der Waals surface area contributed by atoms with E-state index in [4.69, 9.17) is 4.42 Å². The van der Waals surface area contributed by atoms with E-state index in [-0.39, 0.29) is 18.2 Å². The number of thiophene rings is 1. The largest absolute Gasteiger partial charge is 0.421 e. The van der Waals surface area contributed by atoms with Crippen molar-refractivity contribution in [3.8, 4) is 11.5 Å². The molecule has 2 aromatic heterocycles. The molecule has 0 radical (unpaired) electrons. The van der Waals surface area contributed by atoms with Gasteiger partial charge >= 0.3 is 0 Å². The summed E-state index contributed by atoms with van der Waals surface area (Å²) < 4.78 is 5.56. The Morgan fingerprint density at radius 1 is 1.12 bits per heavy atom. The summed E-state index contributed by atoms with van der Waals surface area (Å²) in [5, 5.41) is 9.72. The van der Waals surface area contributed by atoms with Crippen LogP contribution in [0.3, 0.4) is 0 Å². The van der Waals surface area contributed by atoms with Crippen LogP contribution >= 0.6 is 11.3 Å². The number of rotatable bonds is 5. The molecule has 8 heteroatoms. The van der Waals surface area contributed by atoms with Gasteiger partial charge in [0, 0.05) is 18.4 Å². The van der Waals surface area contributed by atoms with Gasteiger partial charge in [0.1, 0.15) is 0 Å². The van der Waals surface area contributed by atoms with E-state index in [0.29, 0.717) is 23.1 Å². The Balaban J connectivity index is 1.48. The standard InChI is InChI=1S/C17H16N4O3S/c1-11-4-6-12(7-5-11)17-21-19-15(24-17)9-8-14(22)18-20-16(23)13-3-2-10-25-13/h2-7,10H,8-9H2,1H3,(H,18,22)(H,20,23). The van der Waals surface area contributed by atoms with Crippen LogP contribution in [0.25, 0.3) is 11.5 Å². The molecule has 0 unspecified atom stereocenters. The molecule has 0 saturated heterocycles. The minimum absolute atomic E-state index is 0.125. The van der Waals surface area contributed by atoms with Crippen molar-refractivity contribution in [3.63, 3.8) is 0 Å². The molecule has 0 saturated carbocycles. The number of amides is 2. The maximum Gasteiger partial charge on any atom is 0.279 e. The van der Waals surface area contributed by atoms with Crippen molar-refractivity contribution in [1.82, 2.24) is 21.0 Å². The van der Waals surface area contributed by atoms with Gasteiger partial charge in [-0.15, -0.1) is 21.5 Å². The van der Waals surface area contributed by atoms with E-state index in [1.165, 1.54) is 11.3 Å². The number of aromatic nitrogens is 2. The third-order valence-electron chi connectivity index (χ3n) is 3.39. The number of aryl methyl sites for hydroxylation is 2. The minimum Gasteiger partial charge on any atom is -0.421 e. The van der Waals surface area contributed by atoms with Gasteiger partial charge in [-0.2, -0.15) is 0 Å². The second-order valence-electron chi connectivity index (χ2n) is 5.35. The molecule has 0 aliphatic carbocycles. The number of benzene rings is 1. The summed E-state index contributed by atoms with van der Waals surface area (Å²) in [5.41, 5.74) is 6.70. The lowest BCUT2D eigenvalue weighted by Crippen LogP contribution is -2.41. The molecule has 25 heavy (non-hydrogen) atoms. The second-order valence-corrected chi connectivity index (χ2v) is 6.29. The summed E-state index contributed by atoms with van der Waals surface area (Å²) in [6.07, 6.45) is 0.416. The number of carbonyl (C=O) groups is 2. The zero-order valence-electron chi connectivity index (χ0n) is 13.5. The van der Waals surface area contributed by atoms with E-state index in [1.807, 2.05) is 31.2 Å². The van der Waals surface area contributed by atoms with Gasteiger partial charge in [0.15, 0.2) is 0 Å². The first-order chi connectivity index (χ1) is 12.1. The van der Waals surface area contributed by atoms with Crippen LogP contribution in [-0.4, -0.2) is 22.0 Å². The average Bonchev–Trinajstić information content (AvgIpc) is 3.30. The van der Waals surface area contributed by atoms with E-state index in [1.54, 1.807) is 17.5 Å². The smallest absolute Gasteiger partial charge is 0.279 e. The fourth-order valence-electron chi connectivity index (χ4n) is 2.05. The maximum absolute atomic E-state index is 11.8. The van der Waals surface area contributed by atoms with E-state index in [2.05, 4.69) is 21.0 Å². The van der Waals surface area contributed by atoms with Crippen LogP contribution in [0.15, 0.2) is 46.2 Å². The molecular weight excluding hydrogens is 340 g/mol. The van der Waals surface area contributed by atoms with Crippen molar-refractivity contribution in [2.45, 2.75) is 19.8 Å². The first-order valence-electron chi connectivity index (χ1n) is 7.64. The Labute approximate surface area is 148 Å². The quantitative estimate of drug-likeness (QED) is 0.685. The van der Waals surface area contributed by atoms with Crippen molar-refractivity contribution in [1.29, 1.82) is 0 Å². The van der Waals surface area contributed by atoms with Crippen molar-refractivity contribution in [3.05, 3.63) is 58.1 Å². The fraction of sp³-hybridized carbons (Fsp3) is 0.176. The monoisotopic (exact) mass is 356 g/mol. The molecule has 0 bridgehead atoms. The first kappa shape index (κ1) is 16.8. The second kappa shape index (κ2) is 7.71. The predicted molar refractivity (Wildman–Crippen MR) is 92.7 cm³/mol. The summed E-state index contributed by atoms with van der Waals surface area (Å²) in [4.78, 5) is 24.0. The maximum atomic E-state index is 11.8. The summed E-state index contributed by atoms with van der Waals surface area (Å²) in [6.45, 7) is 2.00. The number of hydrogen-bond donors (Lipinski definition) is 2. The first-order valence-corrected chi connectivity index (χ1v) is 8.52. The molecule has 2 N–H and O–H groups in total. The normalized spacial score (nSPS) is 10.4. The topological polar surface area (TPSA) is 97.1 Å². The molecule has 0 aliphatic heterocycles. The van der Waals surface area contributed by atoms with Crippen LogP contribution in [0.4, 0.5) is 0 Å². The molecule has 1 aromatic carbocycles. The highest BCUT2D eigenvalue weighted by atomic mass is 32.1. The zero-order valence-corrected chi connectivity index (χ0v) is 14.3. The van der Waals surface area contributed by atoms with Crippen LogP contribution in [0.5, 0.6) is 0 Å². The molecule has 0 aliphatic rings. The lowest BCUT2D eigenvalue weighted by molar-refractivity contribution is -0.121. The van der Waals surface area contributed by atoms with E-state index >= 15 is 0 Å². The fourth-order valence-corrected chi connectivity index (χ4v) is 2.67. The third kappa shape index (κ3) is 4.51. The molecule has 2 heterocycles. The highest BCUT2D eigenvalue weighted by Gasteiger charge is 2.12. The number of nitrogens with one attached hydrogen (secondary N) is 2. The molecule has 3 rings (SSSR count). The van der Waals surface area contributed by atoms with Crippen LogP contribution in [0.1, 0.15) is 27.5 Å². The molecule has 7 nitrogen and oxygen atoms in total. The summed E-state index contributed by atoms with van der Waals surface area (Å²) in [6, 6.07) is 11.2. The number of carbonyl (C=O) groups excluding carboxylic acids is 2. The minimum atomic E-state index is -0.345. The van der Waals surface area contributed by atoms with Crippen LogP contribution in [0.2, 0.25) is 0 Å². The molecular formula is C17H16N4O3S. The van der Waals surface area contributed by atoms with Crippen LogP contribution < -0.4 is 10.9 Å². The Hall–Kier alpha value is -3.00. The van der Waals surface area contributed by atoms with Crippen molar-refractivity contribution in [2.75, 3.05) is 0 Å². The van der Waals surface area contributed by atoms with Gasteiger partial charge in [-0.05, 0) is 30.5 Å². The predicted octanol–water partition coefficient (Wildman–Crippen LogP) is 2.50. The molecule has 128 valence electrons. The highest BCUT2D eigenvalue weighted by Crippen LogP contribution is 2.18.